The number of carbonyl (C=O) groups is 1. The summed E-state index contributed by atoms with van der Waals surface area (Å²) in [5, 5.41) is 14.8. The summed E-state index contributed by atoms with van der Waals surface area (Å²) in [6, 6.07) is 4.28. The van der Waals surface area contributed by atoms with Crippen LogP contribution >= 0.6 is 11.6 Å². The molecule has 1 aliphatic carbocycles. The number of aliphatic carboxylic acids is 1. The molecule has 12 heteroatoms. The summed E-state index contributed by atoms with van der Waals surface area (Å²) >= 11 is 6.27. The fourth-order valence-corrected chi connectivity index (χ4v) is 7.36. The summed E-state index contributed by atoms with van der Waals surface area (Å²) in [5.74, 6) is -2.21. The molecule has 1 aromatic carbocycles. The molecule has 1 saturated carbocycles. The highest BCUT2D eigenvalue weighted by Gasteiger charge is 2.37. The SMILES string of the molecule is Cc1c(-c2cnc3[nH]cc([C@H](C)c4c(OC(F)F)ccc(F)c4Cl)c3c2)cnn1[C@H]1CC[C@H](N2CCC[C@H]2C(=O)O)CC1. The number of carboxylic acid groups (broad SMARTS) is 1. The lowest BCUT2D eigenvalue weighted by Gasteiger charge is -2.37. The standard InChI is InChI=1S/C31H33ClF3N5O3/c1-16(27-26(43-31(34)35)10-9-24(33)28(27)32)22-14-37-29-21(22)12-18(13-36-29)23-15-38-40(17(23)2)20-7-5-19(6-8-20)39-11-3-4-25(39)30(41)42/h9-10,12-16,19-20,25,31H,3-8,11H2,1-2H3,(H,36,37)(H,41,42)/t16-,19-,20-,25-/m0/s1. The number of alkyl halides is 2. The van der Waals surface area contributed by atoms with E-state index in [9.17, 15) is 23.1 Å². The van der Waals surface area contributed by atoms with Crippen LogP contribution in [0.3, 0.4) is 0 Å². The van der Waals surface area contributed by atoms with Gasteiger partial charge >= 0.3 is 12.6 Å². The van der Waals surface area contributed by atoms with Crippen molar-refractivity contribution in [2.45, 2.75) is 83.0 Å². The number of halogens is 4. The number of pyridine rings is 1. The lowest BCUT2D eigenvalue weighted by atomic mass is 9.89. The van der Waals surface area contributed by atoms with Gasteiger partial charge in [-0.1, -0.05) is 18.5 Å². The number of rotatable bonds is 8. The van der Waals surface area contributed by atoms with Gasteiger partial charge in [-0.25, -0.2) is 9.37 Å². The van der Waals surface area contributed by atoms with Crippen LogP contribution < -0.4 is 4.74 Å². The van der Waals surface area contributed by atoms with Gasteiger partial charge in [-0.15, -0.1) is 0 Å². The van der Waals surface area contributed by atoms with Gasteiger partial charge < -0.3 is 14.8 Å². The third kappa shape index (κ3) is 5.48. The summed E-state index contributed by atoms with van der Waals surface area (Å²) in [5.41, 5.74) is 4.21. The molecule has 3 aromatic heterocycles. The first-order valence-electron chi connectivity index (χ1n) is 14.6. The van der Waals surface area contributed by atoms with Crippen LogP contribution in [0.15, 0.2) is 36.8 Å². The highest BCUT2D eigenvalue weighted by atomic mass is 35.5. The Bertz CT molecular complexity index is 1650. The van der Waals surface area contributed by atoms with Gasteiger partial charge in [-0.05, 0) is 75.8 Å². The molecule has 228 valence electrons. The molecule has 0 bridgehead atoms. The van der Waals surface area contributed by atoms with Crippen molar-refractivity contribution in [2.75, 3.05) is 6.54 Å². The minimum Gasteiger partial charge on any atom is -0.480 e. The number of benzene rings is 1. The number of fused-ring (bicyclic) bond motifs is 1. The Hall–Kier alpha value is -3.57. The van der Waals surface area contributed by atoms with Gasteiger partial charge in [0, 0.05) is 52.1 Å². The van der Waals surface area contributed by atoms with Crippen molar-refractivity contribution in [3.63, 3.8) is 0 Å². The molecule has 0 spiro atoms. The summed E-state index contributed by atoms with van der Waals surface area (Å²) in [7, 11) is 0. The molecule has 2 N–H and O–H groups in total. The van der Waals surface area contributed by atoms with Crippen LogP contribution in [0, 0.1) is 12.7 Å². The lowest BCUT2D eigenvalue weighted by molar-refractivity contribution is -0.143. The number of carboxylic acids is 1. The van der Waals surface area contributed by atoms with Crippen molar-refractivity contribution in [2.24, 2.45) is 0 Å². The Morgan fingerprint density at radius 1 is 1.16 bits per heavy atom. The second kappa shape index (κ2) is 11.8. The molecule has 2 aliphatic rings. The molecule has 2 fully saturated rings. The largest absolute Gasteiger partial charge is 0.480 e. The predicted octanol–water partition coefficient (Wildman–Crippen LogP) is 7.31. The van der Waals surface area contributed by atoms with E-state index in [1.807, 2.05) is 19.2 Å². The Balaban J connectivity index is 1.25. The van der Waals surface area contributed by atoms with E-state index in [0.29, 0.717) is 11.2 Å². The number of hydrogen-bond donors (Lipinski definition) is 2. The molecule has 1 saturated heterocycles. The number of ether oxygens (including phenoxy) is 1. The van der Waals surface area contributed by atoms with E-state index in [-0.39, 0.29) is 34.5 Å². The Morgan fingerprint density at radius 3 is 2.63 bits per heavy atom. The highest BCUT2D eigenvalue weighted by molar-refractivity contribution is 6.31. The van der Waals surface area contributed by atoms with Gasteiger partial charge in [0.15, 0.2) is 0 Å². The fraction of sp³-hybridized carbons (Fsp3) is 0.452. The highest BCUT2D eigenvalue weighted by Crippen LogP contribution is 2.42. The van der Waals surface area contributed by atoms with Gasteiger partial charge in [-0.3, -0.25) is 14.4 Å². The van der Waals surface area contributed by atoms with Gasteiger partial charge in [0.2, 0.25) is 0 Å². The average Bonchev–Trinajstić information content (AvgIpc) is 3.73. The normalized spacial score (nSPS) is 22.0. The first kappa shape index (κ1) is 29.5. The van der Waals surface area contributed by atoms with Crippen LogP contribution in [-0.2, 0) is 4.79 Å². The van der Waals surface area contributed by atoms with Crippen LogP contribution in [-0.4, -0.2) is 61.0 Å². The third-order valence-electron chi connectivity index (χ3n) is 9.19. The lowest BCUT2D eigenvalue weighted by Crippen LogP contribution is -2.45. The zero-order chi connectivity index (χ0) is 30.4. The Labute approximate surface area is 251 Å². The van der Waals surface area contributed by atoms with Gasteiger partial charge in [0.05, 0.1) is 17.3 Å². The van der Waals surface area contributed by atoms with Crippen LogP contribution in [0.2, 0.25) is 5.02 Å². The van der Waals surface area contributed by atoms with E-state index in [1.165, 1.54) is 6.07 Å². The van der Waals surface area contributed by atoms with Crippen molar-refractivity contribution in [1.82, 2.24) is 24.6 Å². The molecule has 4 heterocycles. The second-order valence-electron chi connectivity index (χ2n) is 11.5. The number of aromatic nitrogens is 4. The predicted molar refractivity (Wildman–Crippen MR) is 156 cm³/mol. The van der Waals surface area contributed by atoms with Crippen LogP contribution in [0.1, 0.15) is 74.2 Å². The smallest absolute Gasteiger partial charge is 0.387 e. The fourth-order valence-electron chi connectivity index (χ4n) is 7.04. The maximum Gasteiger partial charge on any atom is 0.387 e. The minimum atomic E-state index is -3.08. The maximum atomic E-state index is 14.4. The number of likely N-dealkylation sites (tertiary alicyclic amines) is 1. The first-order valence-corrected chi connectivity index (χ1v) is 14.9. The molecule has 0 amide bonds. The number of nitrogens with zero attached hydrogens (tertiary/aromatic N) is 4. The van der Waals surface area contributed by atoms with Crippen molar-refractivity contribution in [3.05, 3.63) is 64.5 Å². The third-order valence-corrected chi connectivity index (χ3v) is 9.57. The molecular formula is C31H33ClF3N5O3. The maximum absolute atomic E-state index is 14.4. The molecule has 0 radical (unpaired) electrons. The zero-order valence-electron chi connectivity index (χ0n) is 23.9. The topological polar surface area (TPSA) is 96.3 Å². The minimum absolute atomic E-state index is 0.136. The second-order valence-corrected chi connectivity index (χ2v) is 11.9. The average molecular weight is 616 g/mol. The van der Waals surface area contributed by atoms with E-state index in [2.05, 4.69) is 24.3 Å². The van der Waals surface area contributed by atoms with Gasteiger partial charge in [0.25, 0.3) is 0 Å². The molecule has 1 aliphatic heterocycles. The number of hydrogen-bond acceptors (Lipinski definition) is 5. The van der Waals surface area contributed by atoms with Crippen molar-refractivity contribution < 1.29 is 27.8 Å². The van der Waals surface area contributed by atoms with Crippen molar-refractivity contribution >= 4 is 28.6 Å². The van der Waals surface area contributed by atoms with Crippen molar-refractivity contribution in [1.29, 1.82) is 0 Å². The van der Waals surface area contributed by atoms with Gasteiger partial charge in [-0.2, -0.15) is 13.9 Å². The summed E-state index contributed by atoms with van der Waals surface area (Å²) < 4.78 is 47.4. The zero-order valence-corrected chi connectivity index (χ0v) is 24.6. The monoisotopic (exact) mass is 615 g/mol. The van der Waals surface area contributed by atoms with Gasteiger partial charge in [0.1, 0.15) is 23.3 Å². The molecule has 43 heavy (non-hydrogen) atoms. The quantitative estimate of drug-likeness (QED) is 0.216. The van der Waals surface area contributed by atoms with E-state index in [0.717, 1.165) is 73.3 Å². The Kier molecular flexibility index (Phi) is 8.12. The summed E-state index contributed by atoms with van der Waals surface area (Å²) in [4.78, 5) is 21.6. The van der Waals surface area contributed by atoms with Crippen LogP contribution in [0.4, 0.5) is 13.2 Å². The molecule has 8 nitrogen and oxygen atoms in total. The van der Waals surface area contributed by atoms with Crippen LogP contribution in [0.25, 0.3) is 22.2 Å². The first-order chi connectivity index (χ1) is 20.6. The van der Waals surface area contributed by atoms with E-state index in [4.69, 9.17) is 16.7 Å². The van der Waals surface area contributed by atoms with E-state index >= 15 is 0 Å². The Morgan fingerprint density at radius 2 is 1.91 bits per heavy atom. The van der Waals surface area contributed by atoms with E-state index in [1.54, 1.807) is 19.3 Å². The molecule has 2 atom stereocenters. The van der Waals surface area contributed by atoms with E-state index < -0.39 is 24.3 Å². The summed E-state index contributed by atoms with van der Waals surface area (Å²) in [6.45, 7) is 1.55. The number of aromatic amines is 1. The number of H-pyrrole nitrogens is 1. The van der Waals surface area contributed by atoms with Crippen LogP contribution in [0.5, 0.6) is 5.75 Å². The number of nitrogens with one attached hydrogen (secondary N) is 1. The molecule has 4 aromatic rings. The molecule has 0 unspecified atom stereocenters. The molecular weight excluding hydrogens is 583 g/mol. The molecule has 6 rings (SSSR count). The van der Waals surface area contributed by atoms with Crippen molar-refractivity contribution in [3.8, 4) is 16.9 Å². The summed E-state index contributed by atoms with van der Waals surface area (Å²) in [6.07, 6.45) is 10.7.